The lowest BCUT2D eigenvalue weighted by molar-refractivity contribution is 0.121. The number of aromatic nitrogens is 1. The number of anilines is 1. The summed E-state index contributed by atoms with van der Waals surface area (Å²) in [5.41, 5.74) is 1.33. The number of hydrogen-bond acceptors (Lipinski definition) is 6. The van der Waals surface area contributed by atoms with Crippen molar-refractivity contribution in [1.29, 1.82) is 0 Å². The van der Waals surface area contributed by atoms with Gasteiger partial charge in [-0.05, 0) is 19.3 Å². The van der Waals surface area contributed by atoms with E-state index in [9.17, 15) is 0 Å². The van der Waals surface area contributed by atoms with Gasteiger partial charge in [0.2, 0.25) is 0 Å². The van der Waals surface area contributed by atoms with E-state index >= 15 is 0 Å². The summed E-state index contributed by atoms with van der Waals surface area (Å²) in [6.45, 7) is 4.60. The quantitative estimate of drug-likeness (QED) is 0.744. The van der Waals surface area contributed by atoms with E-state index in [4.69, 9.17) is 14.5 Å². The Balaban J connectivity index is 1.65. The Labute approximate surface area is 130 Å². The molecule has 6 heteroatoms. The van der Waals surface area contributed by atoms with Crippen molar-refractivity contribution in [3.05, 3.63) is 10.6 Å². The van der Waals surface area contributed by atoms with Crippen LogP contribution in [0.4, 0.5) is 5.13 Å². The monoisotopic (exact) mass is 311 g/mol. The largest absolute Gasteiger partial charge is 0.383 e. The SMILES string of the molecule is COCCNCc1sc(N2CCC(OC)C2)nc1C1CC1. The first-order chi connectivity index (χ1) is 10.3. The lowest BCUT2D eigenvalue weighted by atomic mass is 10.2. The van der Waals surface area contributed by atoms with Crippen LogP contribution in [0.15, 0.2) is 0 Å². The van der Waals surface area contributed by atoms with Crippen LogP contribution in [-0.4, -0.2) is 51.5 Å². The van der Waals surface area contributed by atoms with E-state index in [0.29, 0.717) is 12.0 Å². The van der Waals surface area contributed by atoms with E-state index in [1.807, 2.05) is 11.3 Å². The third-order valence-corrected chi connectivity index (χ3v) is 5.33. The predicted molar refractivity (Wildman–Crippen MR) is 85.3 cm³/mol. The third-order valence-electron chi connectivity index (χ3n) is 4.20. The third kappa shape index (κ3) is 3.74. The van der Waals surface area contributed by atoms with Gasteiger partial charge in [0, 0.05) is 51.2 Å². The Morgan fingerprint density at radius 1 is 1.33 bits per heavy atom. The maximum atomic E-state index is 5.46. The summed E-state index contributed by atoms with van der Waals surface area (Å²) in [4.78, 5) is 8.72. The highest BCUT2D eigenvalue weighted by Gasteiger charge is 2.32. The Morgan fingerprint density at radius 3 is 2.86 bits per heavy atom. The first kappa shape index (κ1) is 15.2. The van der Waals surface area contributed by atoms with Crippen molar-refractivity contribution >= 4 is 16.5 Å². The smallest absolute Gasteiger partial charge is 0.185 e. The molecule has 2 heterocycles. The van der Waals surface area contributed by atoms with Crippen molar-refractivity contribution < 1.29 is 9.47 Å². The number of hydrogen-bond donors (Lipinski definition) is 1. The first-order valence-corrected chi connectivity index (χ1v) is 8.60. The molecule has 1 atom stereocenters. The second-order valence-electron chi connectivity index (χ2n) is 5.84. The highest BCUT2D eigenvalue weighted by molar-refractivity contribution is 7.15. The van der Waals surface area contributed by atoms with E-state index in [1.54, 1.807) is 14.2 Å². The van der Waals surface area contributed by atoms with Crippen LogP contribution in [-0.2, 0) is 16.0 Å². The zero-order valence-electron chi connectivity index (χ0n) is 12.9. The molecule has 0 spiro atoms. The predicted octanol–water partition coefficient (Wildman–Crippen LogP) is 1.98. The Morgan fingerprint density at radius 2 is 2.19 bits per heavy atom. The van der Waals surface area contributed by atoms with Gasteiger partial charge in [-0.25, -0.2) is 4.98 Å². The van der Waals surface area contributed by atoms with Gasteiger partial charge in [-0.3, -0.25) is 0 Å². The molecular weight excluding hydrogens is 286 g/mol. The van der Waals surface area contributed by atoms with E-state index in [2.05, 4.69) is 10.2 Å². The molecule has 1 N–H and O–H groups in total. The minimum Gasteiger partial charge on any atom is -0.383 e. The molecular formula is C15H25N3O2S. The Bertz CT molecular complexity index is 462. The maximum absolute atomic E-state index is 5.46. The molecule has 5 nitrogen and oxygen atoms in total. The van der Waals surface area contributed by atoms with Gasteiger partial charge in [-0.2, -0.15) is 0 Å². The average molecular weight is 311 g/mol. The number of nitrogens with one attached hydrogen (secondary N) is 1. The average Bonchev–Trinajstić information content (AvgIpc) is 3.08. The van der Waals surface area contributed by atoms with Crippen LogP contribution in [0.5, 0.6) is 0 Å². The molecule has 0 bridgehead atoms. The van der Waals surface area contributed by atoms with Gasteiger partial charge in [0.1, 0.15) is 0 Å². The number of thiazole rings is 1. The summed E-state index contributed by atoms with van der Waals surface area (Å²) in [5, 5.41) is 4.63. The van der Waals surface area contributed by atoms with Crippen molar-refractivity contribution in [2.75, 3.05) is 45.4 Å². The van der Waals surface area contributed by atoms with Gasteiger partial charge >= 0.3 is 0 Å². The molecule has 1 unspecified atom stereocenters. The second-order valence-corrected chi connectivity index (χ2v) is 6.90. The Kier molecular flexibility index (Phi) is 5.11. The van der Waals surface area contributed by atoms with Crippen LogP contribution >= 0.6 is 11.3 Å². The molecule has 1 aromatic rings. The number of rotatable bonds is 8. The van der Waals surface area contributed by atoms with Crippen LogP contribution < -0.4 is 10.2 Å². The molecule has 3 rings (SSSR count). The van der Waals surface area contributed by atoms with Crippen LogP contribution in [0.3, 0.4) is 0 Å². The molecule has 2 aliphatic rings. The summed E-state index contributed by atoms with van der Waals surface area (Å²) >= 11 is 1.85. The van der Waals surface area contributed by atoms with Crippen LogP contribution in [0.2, 0.25) is 0 Å². The fourth-order valence-corrected chi connectivity index (χ4v) is 3.91. The summed E-state index contributed by atoms with van der Waals surface area (Å²) in [6.07, 6.45) is 4.07. The number of methoxy groups -OCH3 is 2. The van der Waals surface area contributed by atoms with E-state index in [-0.39, 0.29) is 0 Å². The van der Waals surface area contributed by atoms with Crippen LogP contribution in [0.25, 0.3) is 0 Å². The van der Waals surface area contributed by atoms with Crippen LogP contribution in [0, 0.1) is 0 Å². The normalized spacial score (nSPS) is 22.2. The fourth-order valence-electron chi connectivity index (χ4n) is 2.76. The molecule has 1 saturated carbocycles. The minimum absolute atomic E-state index is 0.363. The zero-order valence-corrected chi connectivity index (χ0v) is 13.7. The van der Waals surface area contributed by atoms with Crippen molar-refractivity contribution in [2.24, 2.45) is 0 Å². The lowest BCUT2D eigenvalue weighted by Crippen LogP contribution is -2.21. The number of nitrogens with zero attached hydrogens (tertiary/aromatic N) is 2. The standard InChI is InChI=1S/C15H25N3O2S/c1-19-8-6-16-9-13-14(11-3-4-11)17-15(21-13)18-7-5-12(10-18)20-2/h11-12,16H,3-10H2,1-2H3. The van der Waals surface area contributed by atoms with E-state index in [1.165, 1.54) is 28.5 Å². The first-order valence-electron chi connectivity index (χ1n) is 7.78. The Hall–Kier alpha value is -0.690. The van der Waals surface area contributed by atoms with E-state index in [0.717, 1.165) is 39.2 Å². The van der Waals surface area contributed by atoms with Gasteiger partial charge in [-0.15, -0.1) is 11.3 Å². The van der Waals surface area contributed by atoms with Crippen molar-refractivity contribution in [2.45, 2.75) is 37.8 Å². The highest BCUT2D eigenvalue weighted by Crippen LogP contribution is 2.44. The van der Waals surface area contributed by atoms with Crippen LogP contribution in [0.1, 0.15) is 35.8 Å². The summed E-state index contributed by atoms with van der Waals surface area (Å²) in [5.74, 6) is 0.704. The lowest BCUT2D eigenvalue weighted by Gasteiger charge is -2.13. The topological polar surface area (TPSA) is 46.6 Å². The van der Waals surface area contributed by atoms with Gasteiger partial charge in [0.15, 0.2) is 5.13 Å². The van der Waals surface area contributed by atoms with E-state index < -0.39 is 0 Å². The van der Waals surface area contributed by atoms with Gasteiger partial charge < -0.3 is 19.7 Å². The molecule has 21 heavy (non-hydrogen) atoms. The second kappa shape index (κ2) is 7.05. The molecule has 0 amide bonds. The van der Waals surface area contributed by atoms with Gasteiger partial charge in [0.05, 0.1) is 18.4 Å². The molecule has 1 aliphatic heterocycles. The minimum atomic E-state index is 0.363. The zero-order chi connectivity index (χ0) is 14.7. The fraction of sp³-hybridized carbons (Fsp3) is 0.800. The maximum Gasteiger partial charge on any atom is 0.185 e. The summed E-state index contributed by atoms with van der Waals surface area (Å²) < 4.78 is 10.5. The van der Waals surface area contributed by atoms with Crippen molar-refractivity contribution in [3.63, 3.8) is 0 Å². The number of ether oxygens (including phenoxy) is 2. The molecule has 2 fully saturated rings. The molecule has 1 aliphatic carbocycles. The summed E-state index contributed by atoms with van der Waals surface area (Å²) in [6, 6.07) is 0. The van der Waals surface area contributed by atoms with Crippen molar-refractivity contribution in [1.82, 2.24) is 10.3 Å². The molecule has 1 aromatic heterocycles. The molecule has 0 aromatic carbocycles. The highest BCUT2D eigenvalue weighted by atomic mass is 32.1. The summed E-state index contributed by atoms with van der Waals surface area (Å²) in [7, 11) is 3.54. The van der Waals surface area contributed by atoms with Gasteiger partial charge in [-0.1, -0.05) is 0 Å². The van der Waals surface area contributed by atoms with Gasteiger partial charge in [0.25, 0.3) is 0 Å². The molecule has 118 valence electrons. The molecule has 1 saturated heterocycles. The molecule has 0 radical (unpaired) electrons. The van der Waals surface area contributed by atoms with Crippen molar-refractivity contribution in [3.8, 4) is 0 Å².